The van der Waals surface area contributed by atoms with E-state index in [2.05, 4.69) is 5.32 Å². The molecular formula is C27H28ClN3O3. The van der Waals surface area contributed by atoms with E-state index in [0.29, 0.717) is 16.3 Å². The fraction of sp³-hybridized carbons (Fsp3) is 0.296. The molecule has 7 heteroatoms. The number of nitrogens with zero attached hydrogens (tertiary/aromatic N) is 2. The highest BCUT2D eigenvalue weighted by atomic mass is 35.5. The fourth-order valence-corrected chi connectivity index (χ4v) is 4.42. The second-order valence-corrected chi connectivity index (χ2v) is 10.0. The van der Waals surface area contributed by atoms with Crippen LogP contribution in [-0.4, -0.2) is 40.7 Å². The Morgan fingerprint density at radius 3 is 2.38 bits per heavy atom. The molecule has 1 aliphatic heterocycles. The first-order valence-electron chi connectivity index (χ1n) is 11.3. The number of anilines is 1. The molecule has 3 aromatic rings. The van der Waals surface area contributed by atoms with Crippen LogP contribution in [0.15, 0.2) is 60.7 Å². The molecule has 0 radical (unpaired) electrons. The van der Waals surface area contributed by atoms with Crippen molar-refractivity contribution in [2.45, 2.75) is 45.8 Å². The maximum Gasteiger partial charge on any atom is 0.259 e. The van der Waals surface area contributed by atoms with Gasteiger partial charge >= 0.3 is 0 Å². The highest BCUT2D eigenvalue weighted by Crippen LogP contribution is 2.37. The fourth-order valence-electron chi connectivity index (χ4n) is 4.23. The first kappa shape index (κ1) is 23.8. The van der Waals surface area contributed by atoms with Gasteiger partial charge in [0.2, 0.25) is 11.8 Å². The molecule has 0 saturated carbocycles. The van der Waals surface area contributed by atoms with Crippen molar-refractivity contribution >= 4 is 45.8 Å². The van der Waals surface area contributed by atoms with Gasteiger partial charge in [-0.3, -0.25) is 19.3 Å². The van der Waals surface area contributed by atoms with Gasteiger partial charge in [-0.15, -0.1) is 0 Å². The van der Waals surface area contributed by atoms with Crippen molar-refractivity contribution in [1.82, 2.24) is 10.2 Å². The van der Waals surface area contributed by atoms with Crippen molar-refractivity contribution in [3.63, 3.8) is 0 Å². The SMILES string of the molecule is C[C@@H](C(=O)NC(C)(C)C)N(Cc1ccccc1Cl)C(=O)CN1C(=O)c2cccc3cccc1c23. The molecule has 3 amide bonds. The van der Waals surface area contributed by atoms with E-state index in [1.165, 1.54) is 9.80 Å². The van der Waals surface area contributed by atoms with Crippen molar-refractivity contribution < 1.29 is 14.4 Å². The molecule has 1 heterocycles. The van der Waals surface area contributed by atoms with Gasteiger partial charge in [0.15, 0.2) is 0 Å². The number of hydrogen-bond donors (Lipinski definition) is 1. The second kappa shape index (κ2) is 9.11. The van der Waals surface area contributed by atoms with Crippen LogP contribution in [0.5, 0.6) is 0 Å². The summed E-state index contributed by atoms with van der Waals surface area (Å²) >= 11 is 6.37. The molecule has 0 aliphatic carbocycles. The molecule has 0 saturated heterocycles. The first-order valence-corrected chi connectivity index (χ1v) is 11.6. The Bertz CT molecular complexity index is 1280. The van der Waals surface area contributed by atoms with E-state index in [4.69, 9.17) is 11.6 Å². The van der Waals surface area contributed by atoms with Gasteiger partial charge in [-0.2, -0.15) is 0 Å². The predicted molar refractivity (Wildman–Crippen MR) is 135 cm³/mol. The maximum atomic E-state index is 13.7. The number of rotatable bonds is 6. The molecule has 0 unspecified atom stereocenters. The zero-order chi connectivity index (χ0) is 24.6. The molecule has 0 aromatic heterocycles. The van der Waals surface area contributed by atoms with E-state index in [9.17, 15) is 14.4 Å². The number of benzene rings is 3. The molecule has 176 valence electrons. The third-order valence-electron chi connectivity index (χ3n) is 5.91. The summed E-state index contributed by atoms with van der Waals surface area (Å²) in [5, 5.41) is 5.25. The van der Waals surface area contributed by atoms with E-state index in [-0.39, 0.29) is 30.8 Å². The Kier molecular flexibility index (Phi) is 6.36. The van der Waals surface area contributed by atoms with Crippen LogP contribution >= 0.6 is 11.6 Å². The van der Waals surface area contributed by atoms with Crippen LogP contribution in [0, 0.1) is 0 Å². The van der Waals surface area contributed by atoms with E-state index >= 15 is 0 Å². The van der Waals surface area contributed by atoms with Gasteiger partial charge in [-0.25, -0.2) is 0 Å². The third kappa shape index (κ3) is 4.64. The van der Waals surface area contributed by atoms with Gasteiger partial charge in [0, 0.05) is 28.1 Å². The van der Waals surface area contributed by atoms with E-state index < -0.39 is 11.6 Å². The average molecular weight is 478 g/mol. The summed E-state index contributed by atoms with van der Waals surface area (Å²) in [6.45, 7) is 7.33. The van der Waals surface area contributed by atoms with Crippen molar-refractivity contribution in [2.75, 3.05) is 11.4 Å². The van der Waals surface area contributed by atoms with E-state index in [0.717, 1.165) is 16.3 Å². The predicted octanol–water partition coefficient (Wildman–Crippen LogP) is 4.79. The lowest BCUT2D eigenvalue weighted by atomic mass is 10.1. The standard InChI is InChI=1S/C27H28ClN3O3/c1-17(25(33)29-27(2,3)4)30(15-19-9-5-6-13-21(19)28)23(32)16-31-22-14-8-11-18-10-7-12-20(24(18)22)26(31)34/h5-14,17H,15-16H2,1-4H3,(H,29,33)/t17-/m0/s1. The summed E-state index contributed by atoms with van der Waals surface area (Å²) in [5.41, 5.74) is 1.56. The number of halogens is 1. The average Bonchev–Trinajstić information content (AvgIpc) is 3.05. The Hall–Kier alpha value is -3.38. The topological polar surface area (TPSA) is 69.7 Å². The molecule has 1 aliphatic rings. The Morgan fingerprint density at radius 1 is 1.03 bits per heavy atom. The first-order chi connectivity index (χ1) is 16.1. The van der Waals surface area contributed by atoms with Crippen LogP contribution in [-0.2, 0) is 16.1 Å². The van der Waals surface area contributed by atoms with Crippen LogP contribution in [0.3, 0.4) is 0 Å². The number of carbonyl (C=O) groups is 3. The Balaban J connectivity index is 1.64. The highest BCUT2D eigenvalue weighted by Gasteiger charge is 2.35. The minimum absolute atomic E-state index is 0.149. The van der Waals surface area contributed by atoms with Gasteiger partial charge in [-0.1, -0.05) is 54.1 Å². The summed E-state index contributed by atoms with van der Waals surface area (Å²) in [5.74, 6) is -0.828. The maximum absolute atomic E-state index is 13.7. The van der Waals surface area contributed by atoms with Gasteiger partial charge in [-0.05, 0) is 56.8 Å². The van der Waals surface area contributed by atoms with Crippen molar-refractivity contribution in [3.05, 3.63) is 76.8 Å². The minimum atomic E-state index is -0.765. The lowest BCUT2D eigenvalue weighted by Gasteiger charge is -2.32. The smallest absolute Gasteiger partial charge is 0.259 e. The second-order valence-electron chi connectivity index (χ2n) is 9.60. The lowest BCUT2D eigenvalue weighted by Crippen LogP contribution is -2.54. The molecule has 3 aromatic carbocycles. The number of hydrogen-bond acceptors (Lipinski definition) is 3. The van der Waals surface area contributed by atoms with Crippen molar-refractivity contribution in [1.29, 1.82) is 0 Å². The van der Waals surface area contributed by atoms with Gasteiger partial charge in [0.05, 0.1) is 5.69 Å². The van der Waals surface area contributed by atoms with Gasteiger partial charge in [0.1, 0.15) is 12.6 Å². The van der Waals surface area contributed by atoms with Gasteiger partial charge in [0.25, 0.3) is 5.91 Å². The van der Waals surface area contributed by atoms with Crippen molar-refractivity contribution in [2.24, 2.45) is 0 Å². The normalized spacial score (nSPS) is 13.8. The quantitative estimate of drug-likeness (QED) is 0.555. The summed E-state index contributed by atoms with van der Waals surface area (Å²) < 4.78 is 0. The van der Waals surface area contributed by atoms with Crippen LogP contribution in [0.2, 0.25) is 5.02 Å². The van der Waals surface area contributed by atoms with E-state index in [1.807, 2.05) is 69.3 Å². The molecular weight excluding hydrogens is 450 g/mol. The molecule has 34 heavy (non-hydrogen) atoms. The number of carbonyl (C=O) groups excluding carboxylic acids is 3. The zero-order valence-electron chi connectivity index (χ0n) is 19.8. The molecule has 0 bridgehead atoms. The minimum Gasteiger partial charge on any atom is -0.350 e. The third-order valence-corrected chi connectivity index (χ3v) is 6.28. The van der Waals surface area contributed by atoms with Crippen LogP contribution < -0.4 is 10.2 Å². The Labute approximate surface area is 204 Å². The highest BCUT2D eigenvalue weighted by molar-refractivity contribution is 6.31. The Morgan fingerprint density at radius 2 is 1.71 bits per heavy atom. The molecule has 0 fully saturated rings. The summed E-state index contributed by atoms with van der Waals surface area (Å²) in [4.78, 5) is 42.8. The molecule has 1 N–H and O–H groups in total. The van der Waals surface area contributed by atoms with Crippen molar-refractivity contribution in [3.8, 4) is 0 Å². The molecule has 6 nitrogen and oxygen atoms in total. The number of nitrogens with one attached hydrogen (secondary N) is 1. The molecule has 1 atom stereocenters. The molecule has 0 spiro atoms. The zero-order valence-corrected chi connectivity index (χ0v) is 20.5. The summed E-state index contributed by atoms with van der Waals surface area (Å²) in [6.07, 6.45) is 0. The van der Waals surface area contributed by atoms with Gasteiger partial charge < -0.3 is 10.2 Å². The number of amides is 3. The lowest BCUT2D eigenvalue weighted by molar-refractivity contribution is -0.140. The van der Waals surface area contributed by atoms with Crippen LogP contribution in [0.25, 0.3) is 10.8 Å². The molecule has 4 rings (SSSR count). The summed E-state index contributed by atoms with van der Waals surface area (Å²) in [7, 11) is 0. The largest absolute Gasteiger partial charge is 0.350 e. The summed E-state index contributed by atoms with van der Waals surface area (Å²) in [6, 6.07) is 17.7. The monoisotopic (exact) mass is 477 g/mol. The van der Waals surface area contributed by atoms with Crippen LogP contribution in [0.1, 0.15) is 43.6 Å². The van der Waals surface area contributed by atoms with Crippen LogP contribution in [0.4, 0.5) is 5.69 Å². The van der Waals surface area contributed by atoms with E-state index in [1.54, 1.807) is 19.1 Å².